The number of piperazine rings is 1. The largest absolute Gasteiger partial charge is 0.389 e. The molecule has 0 unspecified atom stereocenters. The molecule has 1 aromatic carbocycles. The van der Waals surface area contributed by atoms with Crippen LogP contribution in [0.4, 0.5) is 11.4 Å². The molecule has 0 radical (unpaired) electrons. The van der Waals surface area contributed by atoms with Crippen LogP contribution in [-0.4, -0.2) is 67.5 Å². The molecule has 0 aliphatic carbocycles. The van der Waals surface area contributed by atoms with Gasteiger partial charge in [0.15, 0.2) is 0 Å². The van der Waals surface area contributed by atoms with Crippen LogP contribution in [0, 0.1) is 10.1 Å². The van der Waals surface area contributed by atoms with E-state index in [0.717, 1.165) is 31.9 Å². The summed E-state index contributed by atoms with van der Waals surface area (Å²) in [4.78, 5) is 14.5. The number of anilines is 1. The first-order chi connectivity index (χ1) is 10.5. The molecule has 0 spiro atoms. The predicted octanol–water partition coefficient (Wildman–Crippen LogP) is 1.38. The minimum absolute atomic E-state index is 0.00456. The Morgan fingerprint density at radius 3 is 2.64 bits per heavy atom. The number of aliphatic hydroxyl groups excluding tert-OH is 1. The molecule has 0 amide bonds. The van der Waals surface area contributed by atoms with Crippen molar-refractivity contribution in [3.05, 3.63) is 33.3 Å². The number of non-ortho nitro benzene ring substituents is 1. The van der Waals surface area contributed by atoms with Crippen LogP contribution in [0.25, 0.3) is 0 Å². The summed E-state index contributed by atoms with van der Waals surface area (Å²) in [7, 11) is 1.57. The number of nitrogens with zero attached hydrogens (tertiary/aromatic N) is 3. The molecule has 2 rings (SSSR count). The fourth-order valence-corrected chi connectivity index (χ4v) is 2.87. The molecule has 1 heterocycles. The van der Waals surface area contributed by atoms with Gasteiger partial charge in [0.1, 0.15) is 0 Å². The maximum Gasteiger partial charge on any atom is 0.271 e. The number of halogens is 1. The van der Waals surface area contributed by atoms with E-state index in [1.165, 1.54) is 12.1 Å². The summed E-state index contributed by atoms with van der Waals surface area (Å²) in [6, 6.07) is 4.54. The third kappa shape index (κ3) is 4.30. The van der Waals surface area contributed by atoms with Gasteiger partial charge in [0.05, 0.1) is 28.3 Å². The monoisotopic (exact) mass is 329 g/mol. The molecule has 1 aliphatic rings. The molecule has 1 aromatic rings. The Bertz CT molecular complexity index is 521. The van der Waals surface area contributed by atoms with Gasteiger partial charge in [-0.1, -0.05) is 11.6 Å². The molecule has 1 aliphatic heterocycles. The second kappa shape index (κ2) is 7.73. The number of nitro benzene ring substituents is 1. The molecule has 122 valence electrons. The van der Waals surface area contributed by atoms with Crippen LogP contribution in [0.1, 0.15) is 0 Å². The number of methoxy groups -OCH3 is 1. The number of hydrogen-bond donors (Lipinski definition) is 1. The zero-order valence-corrected chi connectivity index (χ0v) is 13.2. The highest BCUT2D eigenvalue weighted by Crippen LogP contribution is 2.30. The third-order valence-corrected chi connectivity index (χ3v) is 3.99. The summed E-state index contributed by atoms with van der Waals surface area (Å²) < 4.78 is 4.92. The lowest BCUT2D eigenvalue weighted by molar-refractivity contribution is -0.384. The van der Waals surface area contributed by atoms with E-state index in [1.807, 2.05) is 0 Å². The Labute approximate surface area is 134 Å². The molecule has 8 heteroatoms. The maximum atomic E-state index is 10.7. The molecule has 0 saturated carbocycles. The van der Waals surface area contributed by atoms with Crippen molar-refractivity contribution in [2.45, 2.75) is 6.10 Å². The quantitative estimate of drug-likeness (QED) is 0.627. The van der Waals surface area contributed by atoms with Gasteiger partial charge in [0, 0.05) is 52.0 Å². The number of ether oxygens (including phenoxy) is 1. The first-order valence-electron chi connectivity index (χ1n) is 7.09. The standard InChI is InChI=1S/C14H20ClN3O4/c1-22-10-12(19)9-16-4-6-17(7-5-16)14-3-2-11(18(20)21)8-13(14)15/h2-3,8,12,19H,4-7,9-10H2,1H3/t12-/m1/s1. The van der Waals surface area contributed by atoms with Crippen LogP contribution in [0.2, 0.25) is 5.02 Å². The lowest BCUT2D eigenvalue weighted by Gasteiger charge is -2.37. The lowest BCUT2D eigenvalue weighted by atomic mass is 10.2. The highest BCUT2D eigenvalue weighted by Gasteiger charge is 2.21. The van der Waals surface area contributed by atoms with E-state index in [2.05, 4.69) is 9.80 Å². The van der Waals surface area contributed by atoms with E-state index >= 15 is 0 Å². The summed E-state index contributed by atoms with van der Waals surface area (Å²) in [6.45, 7) is 4.03. The fraction of sp³-hybridized carbons (Fsp3) is 0.571. The van der Waals surface area contributed by atoms with Crippen molar-refractivity contribution in [2.75, 3.05) is 51.3 Å². The Morgan fingerprint density at radius 2 is 2.09 bits per heavy atom. The molecule has 1 N–H and O–H groups in total. The van der Waals surface area contributed by atoms with Gasteiger partial charge in [-0.05, 0) is 6.07 Å². The SMILES string of the molecule is COC[C@H](O)CN1CCN(c2ccc([N+](=O)[O-])cc2Cl)CC1. The zero-order chi connectivity index (χ0) is 16.1. The minimum atomic E-state index is -0.487. The lowest BCUT2D eigenvalue weighted by Crippen LogP contribution is -2.49. The van der Waals surface area contributed by atoms with E-state index in [4.69, 9.17) is 16.3 Å². The highest BCUT2D eigenvalue weighted by atomic mass is 35.5. The van der Waals surface area contributed by atoms with E-state index in [-0.39, 0.29) is 5.69 Å². The van der Waals surface area contributed by atoms with Crippen molar-refractivity contribution in [1.29, 1.82) is 0 Å². The smallest absolute Gasteiger partial charge is 0.271 e. The Morgan fingerprint density at radius 1 is 1.41 bits per heavy atom. The first-order valence-corrected chi connectivity index (χ1v) is 7.47. The van der Waals surface area contributed by atoms with Gasteiger partial charge in [-0.15, -0.1) is 0 Å². The summed E-state index contributed by atoms with van der Waals surface area (Å²) in [5.74, 6) is 0. The number of β-amino-alcohol motifs (C(OH)–C–C–N with tert-alkyl or cyclic N) is 1. The summed E-state index contributed by atoms with van der Waals surface area (Å²) in [6.07, 6.45) is -0.487. The van der Waals surface area contributed by atoms with Crippen LogP contribution in [0.5, 0.6) is 0 Å². The van der Waals surface area contributed by atoms with Gasteiger partial charge >= 0.3 is 0 Å². The van der Waals surface area contributed by atoms with E-state index < -0.39 is 11.0 Å². The molecule has 1 atom stereocenters. The van der Waals surface area contributed by atoms with Crippen molar-refractivity contribution >= 4 is 23.0 Å². The number of benzene rings is 1. The molecule has 0 aromatic heterocycles. The molecule has 1 fully saturated rings. The maximum absolute atomic E-state index is 10.7. The van der Waals surface area contributed by atoms with Gasteiger partial charge in [0.25, 0.3) is 5.69 Å². The second-order valence-electron chi connectivity index (χ2n) is 5.29. The number of rotatable bonds is 6. The molecule has 22 heavy (non-hydrogen) atoms. The zero-order valence-electron chi connectivity index (χ0n) is 12.4. The van der Waals surface area contributed by atoms with Crippen molar-refractivity contribution < 1.29 is 14.8 Å². The topological polar surface area (TPSA) is 79.1 Å². The van der Waals surface area contributed by atoms with E-state index in [1.54, 1.807) is 13.2 Å². The van der Waals surface area contributed by atoms with Crippen molar-refractivity contribution in [3.8, 4) is 0 Å². The van der Waals surface area contributed by atoms with Crippen LogP contribution in [0.15, 0.2) is 18.2 Å². The average molecular weight is 330 g/mol. The number of hydrogen-bond acceptors (Lipinski definition) is 6. The first kappa shape index (κ1) is 17.0. The van der Waals surface area contributed by atoms with Crippen molar-refractivity contribution in [3.63, 3.8) is 0 Å². The van der Waals surface area contributed by atoms with Crippen molar-refractivity contribution in [2.24, 2.45) is 0 Å². The Balaban J connectivity index is 1.93. The molecular formula is C14H20ClN3O4. The van der Waals surface area contributed by atoms with Gasteiger partial charge in [0.2, 0.25) is 0 Å². The van der Waals surface area contributed by atoms with Crippen molar-refractivity contribution in [1.82, 2.24) is 4.90 Å². The molecule has 7 nitrogen and oxygen atoms in total. The molecule has 1 saturated heterocycles. The normalized spacial score (nSPS) is 17.5. The molecule has 0 bridgehead atoms. The average Bonchev–Trinajstić information content (AvgIpc) is 2.48. The van der Waals surface area contributed by atoms with Gasteiger partial charge in [-0.2, -0.15) is 0 Å². The van der Waals surface area contributed by atoms with Crippen LogP contribution < -0.4 is 4.90 Å². The number of aliphatic hydroxyl groups is 1. The van der Waals surface area contributed by atoms with E-state index in [9.17, 15) is 15.2 Å². The van der Waals surface area contributed by atoms with Crippen LogP contribution >= 0.6 is 11.6 Å². The van der Waals surface area contributed by atoms with E-state index in [0.29, 0.717) is 18.2 Å². The van der Waals surface area contributed by atoms with Gasteiger partial charge < -0.3 is 14.7 Å². The predicted molar refractivity (Wildman–Crippen MR) is 84.6 cm³/mol. The van der Waals surface area contributed by atoms with Gasteiger partial charge in [-0.25, -0.2) is 0 Å². The third-order valence-electron chi connectivity index (χ3n) is 3.68. The fourth-order valence-electron chi connectivity index (χ4n) is 2.58. The second-order valence-corrected chi connectivity index (χ2v) is 5.70. The summed E-state index contributed by atoms with van der Waals surface area (Å²) >= 11 is 6.15. The summed E-state index contributed by atoms with van der Waals surface area (Å²) in [5.41, 5.74) is 0.805. The summed E-state index contributed by atoms with van der Waals surface area (Å²) in [5, 5.41) is 20.9. The Kier molecular flexibility index (Phi) is 5.96. The van der Waals surface area contributed by atoms with Crippen LogP contribution in [-0.2, 0) is 4.74 Å². The molecular weight excluding hydrogens is 310 g/mol. The number of nitro groups is 1. The highest BCUT2D eigenvalue weighted by molar-refractivity contribution is 6.33. The van der Waals surface area contributed by atoms with Gasteiger partial charge in [-0.3, -0.25) is 15.0 Å². The minimum Gasteiger partial charge on any atom is -0.389 e. The Hall–Kier alpha value is -1.41. The van der Waals surface area contributed by atoms with Crippen LogP contribution in [0.3, 0.4) is 0 Å².